The minimum atomic E-state index is -0.653. The summed E-state index contributed by atoms with van der Waals surface area (Å²) >= 11 is 0. The lowest BCUT2D eigenvalue weighted by atomic mass is 9.93. The fourth-order valence-electron chi connectivity index (χ4n) is 3.35. The highest BCUT2D eigenvalue weighted by Crippen LogP contribution is 2.38. The number of hydrogen-bond donors (Lipinski definition) is 1. The van der Waals surface area contributed by atoms with Crippen LogP contribution in [0, 0.1) is 19.3 Å². The molecule has 0 fully saturated rings. The van der Waals surface area contributed by atoms with Gasteiger partial charge in [-0.2, -0.15) is 0 Å². The van der Waals surface area contributed by atoms with E-state index in [-0.39, 0.29) is 18.4 Å². The number of amides is 2. The van der Waals surface area contributed by atoms with Crippen LogP contribution in [0.1, 0.15) is 37.3 Å². The third-order valence-corrected chi connectivity index (χ3v) is 5.04. The predicted molar refractivity (Wildman–Crippen MR) is 111 cm³/mol. The number of anilines is 2. The molecule has 0 atom stereocenters. The third-order valence-electron chi connectivity index (χ3n) is 5.04. The highest BCUT2D eigenvalue weighted by Gasteiger charge is 2.37. The number of rotatable bonds is 6. The Labute approximate surface area is 170 Å². The first-order chi connectivity index (χ1) is 13.7. The number of carbonyl (C=O) groups is 2. The molecule has 2 aromatic rings. The highest BCUT2D eigenvalue weighted by atomic mass is 16.5. The molecular weight excluding hydrogens is 370 g/mol. The number of fused-ring (bicyclic) bond motifs is 1. The Morgan fingerprint density at radius 3 is 2.79 bits per heavy atom. The van der Waals surface area contributed by atoms with Crippen molar-refractivity contribution in [3.8, 4) is 5.75 Å². The molecule has 1 N–H and O–H groups in total. The summed E-state index contributed by atoms with van der Waals surface area (Å²) in [5, 5.41) is 6.82. The normalized spacial score (nSPS) is 15.3. The van der Waals surface area contributed by atoms with E-state index in [9.17, 15) is 9.59 Å². The second-order valence-corrected chi connectivity index (χ2v) is 7.91. The van der Waals surface area contributed by atoms with Crippen molar-refractivity contribution in [2.45, 2.75) is 40.5 Å². The molecular formula is C22H27N3O4. The topological polar surface area (TPSA) is 84.7 Å². The molecule has 2 heterocycles. The average Bonchev–Trinajstić information content (AvgIpc) is 2.96. The first-order valence-electron chi connectivity index (χ1n) is 9.64. The van der Waals surface area contributed by atoms with E-state index < -0.39 is 5.41 Å². The Hall–Kier alpha value is -3.09. The van der Waals surface area contributed by atoms with E-state index in [0.717, 1.165) is 17.0 Å². The van der Waals surface area contributed by atoms with Crippen LogP contribution in [0.2, 0.25) is 0 Å². The summed E-state index contributed by atoms with van der Waals surface area (Å²) in [5.74, 6) is 1.18. The van der Waals surface area contributed by atoms with Gasteiger partial charge in [0.15, 0.2) is 0 Å². The van der Waals surface area contributed by atoms with Crippen LogP contribution in [-0.2, 0) is 16.0 Å². The molecule has 154 valence electrons. The lowest BCUT2D eigenvalue weighted by Crippen LogP contribution is -2.42. The molecule has 0 spiro atoms. The van der Waals surface area contributed by atoms with Crippen LogP contribution in [0.15, 0.2) is 35.4 Å². The molecule has 1 aliphatic rings. The van der Waals surface area contributed by atoms with Gasteiger partial charge in [-0.15, -0.1) is 6.58 Å². The fourth-order valence-corrected chi connectivity index (χ4v) is 3.35. The van der Waals surface area contributed by atoms with Crippen molar-refractivity contribution in [3.63, 3.8) is 0 Å². The Kier molecular flexibility index (Phi) is 5.77. The van der Waals surface area contributed by atoms with Gasteiger partial charge in [-0.25, -0.2) is 0 Å². The van der Waals surface area contributed by atoms with E-state index in [1.54, 1.807) is 29.2 Å². The molecule has 0 saturated heterocycles. The molecule has 0 aliphatic carbocycles. The summed E-state index contributed by atoms with van der Waals surface area (Å²) in [4.78, 5) is 27.0. The molecule has 0 unspecified atom stereocenters. The number of carbonyl (C=O) groups excluding carboxylic acids is 2. The number of nitrogens with one attached hydrogen (secondary N) is 1. The van der Waals surface area contributed by atoms with E-state index in [1.807, 2.05) is 27.7 Å². The van der Waals surface area contributed by atoms with Crippen LogP contribution in [0.3, 0.4) is 0 Å². The van der Waals surface area contributed by atoms with Gasteiger partial charge in [0.05, 0.1) is 16.8 Å². The Balaban J connectivity index is 1.77. The van der Waals surface area contributed by atoms with Gasteiger partial charge in [-0.3, -0.25) is 9.59 Å². The minimum absolute atomic E-state index is 0.0435. The van der Waals surface area contributed by atoms with Crippen molar-refractivity contribution in [1.29, 1.82) is 0 Å². The highest BCUT2D eigenvalue weighted by molar-refractivity contribution is 6.00. The van der Waals surface area contributed by atoms with Crippen molar-refractivity contribution >= 4 is 23.2 Å². The molecule has 1 aromatic heterocycles. The quantitative estimate of drug-likeness (QED) is 0.750. The van der Waals surface area contributed by atoms with Crippen molar-refractivity contribution in [2.75, 3.05) is 23.4 Å². The maximum Gasteiger partial charge on any atom is 0.236 e. The summed E-state index contributed by atoms with van der Waals surface area (Å²) in [6.07, 6.45) is 2.53. The van der Waals surface area contributed by atoms with Gasteiger partial charge < -0.3 is 19.5 Å². The fraction of sp³-hybridized carbons (Fsp3) is 0.409. The second-order valence-electron chi connectivity index (χ2n) is 7.91. The molecule has 0 saturated carbocycles. The van der Waals surface area contributed by atoms with Gasteiger partial charge in [0.2, 0.25) is 11.8 Å². The van der Waals surface area contributed by atoms with Crippen LogP contribution < -0.4 is 15.0 Å². The van der Waals surface area contributed by atoms with E-state index in [0.29, 0.717) is 36.5 Å². The van der Waals surface area contributed by atoms with Gasteiger partial charge >= 0.3 is 0 Å². The maximum atomic E-state index is 12.9. The molecule has 7 heteroatoms. The van der Waals surface area contributed by atoms with Crippen LogP contribution >= 0.6 is 0 Å². The summed E-state index contributed by atoms with van der Waals surface area (Å²) in [7, 11) is 0. The molecule has 29 heavy (non-hydrogen) atoms. The zero-order chi connectivity index (χ0) is 21.2. The van der Waals surface area contributed by atoms with E-state index >= 15 is 0 Å². The van der Waals surface area contributed by atoms with Crippen LogP contribution in [0.4, 0.5) is 11.4 Å². The third kappa shape index (κ3) is 4.34. The first kappa shape index (κ1) is 20.6. The largest absolute Gasteiger partial charge is 0.490 e. The Morgan fingerprint density at radius 2 is 2.14 bits per heavy atom. The zero-order valence-corrected chi connectivity index (χ0v) is 17.4. The summed E-state index contributed by atoms with van der Waals surface area (Å²) < 4.78 is 11.0. The Bertz CT molecular complexity index is 926. The van der Waals surface area contributed by atoms with Gasteiger partial charge in [-0.05, 0) is 52.3 Å². The van der Waals surface area contributed by atoms with E-state index in [2.05, 4.69) is 17.1 Å². The van der Waals surface area contributed by atoms with Crippen LogP contribution in [0.5, 0.6) is 5.75 Å². The maximum absolute atomic E-state index is 12.9. The average molecular weight is 397 g/mol. The number of aromatic nitrogens is 1. The monoisotopic (exact) mass is 397 g/mol. The summed E-state index contributed by atoms with van der Waals surface area (Å²) in [6, 6.07) is 5.33. The van der Waals surface area contributed by atoms with Crippen LogP contribution in [-0.4, -0.2) is 30.1 Å². The summed E-state index contributed by atoms with van der Waals surface area (Å²) in [6.45, 7) is 11.8. The zero-order valence-electron chi connectivity index (χ0n) is 17.4. The number of hydrogen-bond acceptors (Lipinski definition) is 5. The molecule has 2 amide bonds. The van der Waals surface area contributed by atoms with Gasteiger partial charge in [0.1, 0.15) is 18.1 Å². The van der Waals surface area contributed by atoms with Crippen molar-refractivity contribution in [2.24, 2.45) is 5.41 Å². The smallest absolute Gasteiger partial charge is 0.236 e. The SMILES string of the molecule is C=CCN1C(=O)C(C)(C)COc2ccc(NC(=O)CCc3c(C)noc3C)cc21. The number of benzene rings is 1. The minimum Gasteiger partial charge on any atom is -0.490 e. The van der Waals surface area contributed by atoms with Crippen molar-refractivity contribution in [1.82, 2.24) is 5.16 Å². The van der Waals surface area contributed by atoms with Gasteiger partial charge in [0.25, 0.3) is 0 Å². The van der Waals surface area contributed by atoms with Crippen LogP contribution in [0.25, 0.3) is 0 Å². The van der Waals surface area contributed by atoms with Gasteiger partial charge in [0, 0.05) is 24.2 Å². The molecule has 3 rings (SSSR count). The Morgan fingerprint density at radius 1 is 1.38 bits per heavy atom. The number of aryl methyl sites for hydroxylation is 2. The van der Waals surface area contributed by atoms with Gasteiger partial charge in [-0.1, -0.05) is 11.2 Å². The number of ether oxygens (including phenoxy) is 1. The van der Waals surface area contributed by atoms with E-state index in [4.69, 9.17) is 9.26 Å². The van der Waals surface area contributed by atoms with Crippen molar-refractivity contribution < 1.29 is 18.8 Å². The molecule has 1 aliphatic heterocycles. The first-order valence-corrected chi connectivity index (χ1v) is 9.64. The lowest BCUT2D eigenvalue weighted by molar-refractivity contribution is -0.127. The standard InChI is InChI=1S/C22H27N3O4/c1-6-11-25-18-12-16(7-9-19(18)28-13-22(4,5)21(25)27)23-20(26)10-8-17-14(2)24-29-15(17)3/h6-7,9,12H,1,8,10-11,13H2,2-5H3,(H,23,26). The molecule has 0 bridgehead atoms. The lowest BCUT2D eigenvalue weighted by Gasteiger charge is -2.27. The molecule has 1 aromatic carbocycles. The summed E-state index contributed by atoms with van der Waals surface area (Å²) in [5.41, 5.74) is 2.35. The van der Waals surface area contributed by atoms with E-state index in [1.165, 1.54) is 0 Å². The molecule has 7 nitrogen and oxygen atoms in total. The predicted octanol–water partition coefficient (Wildman–Crippen LogP) is 3.80. The van der Waals surface area contributed by atoms with Crippen molar-refractivity contribution in [3.05, 3.63) is 47.9 Å². The second kappa shape index (κ2) is 8.11. The number of nitrogens with zero attached hydrogens (tertiary/aromatic N) is 2. The molecule has 0 radical (unpaired) electrons.